The number of fused-ring (bicyclic) bond motifs is 1. The van der Waals surface area contributed by atoms with Crippen LogP contribution in [0.5, 0.6) is 0 Å². The number of piperazine rings is 1. The lowest BCUT2D eigenvalue weighted by Gasteiger charge is -2.35. The molecule has 5 heteroatoms. The van der Waals surface area contributed by atoms with Gasteiger partial charge in [0.2, 0.25) is 5.91 Å². The number of benzene rings is 2. The molecule has 2 heterocycles. The monoisotopic (exact) mass is 365 g/mol. The largest absolute Gasteiger partial charge is 0.353 e. The lowest BCUT2D eigenvalue weighted by Crippen LogP contribution is -2.49. The molecule has 4 rings (SSSR count). The van der Waals surface area contributed by atoms with Crippen molar-refractivity contribution in [3.8, 4) is 0 Å². The highest BCUT2D eigenvalue weighted by molar-refractivity contribution is 6.30. The fourth-order valence-corrected chi connectivity index (χ4v) is 3.49. The van der Waals surface area contributed by atoms with Gasteiger partial charge >= 0.3 is 0 Å². The maximum Gasteiger partial charge on any atom is 0.227 e. The number of halogens is 1. The van der Waals surface area contributed by atoms with Crippen LogP contribution < -0.4 is 4.90 Å². The predicted molar refractivity (Wildman–Crippen MR) is 106 cm³/mol. The number of rotatable bonds is 3. The zero-order valence-corrected chi connectivity index (χ0v) is 15.2. The standard InChI is InChI=1S/C21H20ClN3O/c22-19-7-8-20(23-15-19)24-9-11-25(12-10-24)21(26)14-16-5-6-17-3-1-2-4-18(17)13-16/h1-8,13,15H,9-12,14H2. The smallest absolute Gasteiger partial charge is 0.227 e. The second-order valence-electron chi connectivity index (χ2n) is 6.56. The Kier molecular flexibility index (Phi) is 4.76. The molecule has 1 aliphatic heterocycles. The van der Waals surface area contributed by atoms with E-state index in [4.69, 9.17) is 11.6 Å². The lowest BCUT2D eigenvalue weighted by atomic mass is 10.0. The highest BCUT2D eigenvalue weighted by Crippen LogP contribution is 2.18. The van der Waals surface area contributed by atoms with E-state index in [0.29, 0.717) is 11.4 Å². The van der Waals surface area contributed by atoms with E-state index in [1.807, 2.05) is 35.2 Å². The third kappa shape index (κ3) is 3.65. The van der Waals surface area contributed by atoms with Crippen LogP contribution >= 0.6 is 11.6 Å². The molecule has 1 aliphatic rings. The first-order valence-electron chi connectivity index (χ1n) is 8.81. The van der Waals surface area contributed by atoms with Gasteiger partial charge in [-0.3, -0.25) is 4.79 Å². The Morgan fingerprint density at radius 1 is 0.962 bits per heavy atom. The van der Waals surface area contributed by atoms with Gasteiger partial charge in [-0.25, -0.2) is 4.98 Å². The maximum absolute atomic E-state index is 12.7. The molecule has 0 radical (unpaired) electrons. The van der Waals surface area contributed by atoms with Crippen LogP contribution in [0.2, 0.25) is 5.02 Å². The predicted octanol–water partition coefficient (Wildman–Crippen LogP) is 3.78. The summed E-state index contributed by atoms with van der Waals surface area (Å²) in [6.07, 6.45) is 2.11. The topological polar surface area (TPSA) is 36.4 Å². The molecule has 26 heavy (non-hydrogen) atoms. The van der Waals surface area contributed by atoms with Crippen molar-refractivity contribution in [3.05, 3.63) is 71.4 Å². The zero-order valence-electron chi connectivity index (χ0n) is 14.4. The first-order chi connectivity index (χ1) is 12.7. The summed E-state index contributed by atoms with van der Waals surface area (Å²) in [4.78, 5) is 21.2. The van der Waals surface area contributed by atoms with Gasteiger partial charge in [-0.05, 0) is 28.5 Å². The molecule has 3 aromatic rings. The second kappa shape index (κ2) is 7.34. The van der Waals surface area contributed by atoms with Crippen molar-refractivity contribution >= 4 is 34.1 Å². The Bertz CT molecular complexity index is 918. The Morgan fingerprint density at radius 3 is 2.46 bits per heavy atom. The van der Waals surface area contributed by atoms with Crippen LogP contribution in [-0.2, 0) is 11.2 Å². The molecular formula is C21H20ClN3O. The van der Waals surface area contributed by atoms with Crippen molar-refractivity contribution in [3.63, 3.8) is 0 Å². The maximum atomic E-state index is 12.7. The third-order valence-electron chi connectivity index (χ3n) is 4.84. The number of aromatic nitrogens is 1. The number of anilines is 1. The first-order valence-corrected chi connectivity index (χ1v) is 9.19. The van der Waals surface area contributed by atoms with Gasteiger partial charge in [-0.1, -0.05) is 54.1 Å². The molecule has 2 aromatic carbocycles. The van der Waals surface area contributed by atoms with E-state index in [1.165, 1.54) is 10.8 Å². The highest BCUT2D eigenvalue weighted by atomic mass is 35.5. The van der Waals surface area contributed by atoms with Crippen LogP contribution in [0.4, 0.5) is 5.82 Å². The summed E-state index contributed by atoms with van der Waals surface area (Å²) in [6, 6.07) is 18.2. The quantitative estimate of drug-likeness (QED) is 0.708. The van der Waals surface area contributed by atoms with E-state index >= 15 is 0 Å². The number of amides is 1. The van der Waals surface area contributed by atoms with Gasteiger partial charge in [0.05, 0.1) is 11.4 Å². The van der Waals surface area contributed by atoms with Gasteiger partial charge in [-0.2, -0.15) is 0 Å². The Labute approximate surface area is 158 Å². The van der Waals surface area contributed by atoms with E-state index in [1.54, 1.807) is 6.20 Å². The summed E-state index contributed by atoms with van der Waals surface area (Å²) in [7, 11) is 0. The minimum Gasteiger partial charge on any atom is -0.353 e. The van der Waals surface area contributed by atoms with E-state index in [9.17, 15) is 4.79 Å². The molecule has 1 fully saturated rings. The fraction of sp³-hybridized carbons (Fsp3) is 0.238. The highest BCUT2D eigenvalue weighted by Gasteiger charge is 2.22. The van der Waals surface area contributed by atoms with Crippen molar-refractivity contribution in [2.45, 2.75) is 6.42 Å². The Morgan fingerprint density at radius 2 is 1.73 bits per heavy atom. The van der Waals surface area contributed by atoms with E-state index in [2.05, 4.69) is 34.1 Å². The minimum absolute atomic E-state index is 0.184. The molecule has 1 saturated heterocycles. The fourth-order valence-electron chi connectivity index (χ4n) is 3.38. The average Bonchev–Trinajstić information content (AvgIpc) is 2.68. The molecule has 0 unspecified atom stereocenters. The summed E-state index contributed by atoms with van der Waals surface area (Å²) >= 11 is 5.89. The number of hydrogen-bond donors (Lipinski definition) is 0. The van der Waals surface area contributed by atoms with Crippen LogP contribution in [0.3, 0.4) is 0 Å². The Balaban J connectivity index is 1.37. The number of nitrogens with zero attached hydrogens (tertiary/aromatic N) is 3. The van der Waals surface area contributed by atoms with Crippen molar-refractivity contribution < 1.29 is 4.79 Å². The molecule has 132 valence electrons. The normalized spacial score (nSPS) is 14.7. The van der Waals surface area contributed by atoms with Gasteiger partial charge in [0.25, 0.3) is 0 Å². The summed E-state index contributed by atoms with van der Waals surface area (Å²) in [5, 5.41) is 3.02. The third-order valence-corrected chi connectivity index (χ3v) is 5.06. The number of pyridine rings is 1. The molecule has 1 amide bonds. The van der Waals surface area contributed by atoms with Crippen LogP contribution in [0.1, 0.15) is 5.56 Å². The van der Waals surface area contributed by atoms with Crippen molar-refractivity contribution in [2.75, 3.05) is 31.1 Å². The van der Waals surface area contributed by atoms with E-state index < -0.39 is 0 Å². The second-order valence-corrected chi connectivity index (χ2v) is 7.00. The van der Waals surface area contributed by atoms with Crippen LogP contribution in [-0.4, -0.2) is 42.0 Å². The molecule has 0 saturated carbocycles. The molecule has 0 spiro atoms. The molecule has 1 aromatic heterocycles. The lowest BCUT2D eigenvalue weighted by molar-refractivity contribution is -0.130. The number of carbonyl (C=O) groups excluding carboxylic acids is 1. The summed E-state index contributed by atoms with van der Waals surface area (Å²) < 4.78 is 0. The minimum atomic E-state index is 0.184. The SMILES string of the molecule is O=C(Cc1ccc2ccccc2c1)N1CCN(c2ccc(Cl)cn2)CC1. The zero-order chi connectivity index (χ0) is 17.9. The van der Waals surface area contributed by atoms with E-state index in [0.717, 1.165) is 37.6 Å². The Hall–Kier alpha value is -2.59. The summed E-state index contributed by atoms with van der Waals surface area (Å²) in [6.45, 7) is 3.02. The first kappa shape index (κ1) is 16.9. The van der Waals surface area contributed by atoms with Crippen molar-refractivity contribution in [1.29, 1.82) is 0 Å². The van der Waals surface area contributed by atoms with Gasteiger partial charge in [0, 0.05) is 32.4 Å². The van der Waals surface area contributed by atoms with Gasteiger partial charge in [-0.15, -0.1) is 0 Å². The molecule has 0 atom stereocenters. The van der Waals surface area contributed by atoms with Crippen LogP contribution in [0.15, 0.2) is 60.8 Å². The molecule has 4 nitrogen and oxygen atoms in total. The molecule has 0 aliphatic carbocycles. The molecule has 0 bridgehead atoms. The van der Waals surface area contributed by atoms with Crippen molar-refractivity contribution in [2.24, 2.45) is 0 Å². The van der Waals surface area contributed by atoms with Gasteiger partial charge in [0.1, 0.15) is 5.82 Å². The van der Waals surface area contributed by atoms with Gasteiger partial charge < -0.3 is 9.80 Å². The summed E-state index contributed by atoms with van der Waals surface area (Å²) in [5.74, 6) is 1.10. The van der Waals surface area contributed by atoms with Crippen LogP contribution in [0, 0.1) is 0 Å². The van der Waals surface area contributed by atoms with Gasteiger partial charge in [0.15, 0.2) is 0 Å². The molecular weight excluding hydrogens is 346 g/mol. The molecule has 0 N–H and O–H groups in total. The number of carbonyl (C=O) groups is 1. The average molecular weight is 366 g/mol. The van der Waals surface area contributed by atoms with Crippen molar-refractivity contribution in [1.82, 2.24) is 9.88 Å². The van der Waals surface area contributed by atoms with Crippen LogP contribution in [0.25, 0.3) is 10.8 Å². The number of hydrogen-bond acceptors (Lipinski definition) is 3. The van der Waals surface area contributed by atoms with E-state index in [-0.39, 0.29) is 5.91 Å². The summed E-state index contributed by atoms with van der Waals surface area (Å²) in [5.41, 5.74) is 1.07.